The zero-order chi connectivity index (χ0) is 24.1. The highest BCUT2D eigenvalue weighted by Crippen LogP contribution is 2.25. The van der Waals surface area contributed by atoms with Gasteiger partial charge in [-0.15, -0.1) is 0 Å². The lowest BCUT2D eigenvalue weighted by molar-refractivity contribution is -0.152. The fourth-order valence-corrected chi connectivity index (χ4v) is 5.29. The predicted molar refractivity (Wildman–Crippen MR) is 124 cm³/mol. The standard InChI is InChI=1S/C24H27N3O6S/c28-22(26-21-9-5-4-8-20(21)23(29)25-18-10-11-18)16-33-24(30)17-12-14-27(15-13-17)34(31,32)19-6-2-1-3-7-19/h1-9,17-18H,10-16H2,(H,25,29)(H,26,28). The first kappa shape index (κ1) is 23.9. The molecule has 2 fully saturated rings. The van der Waals surface area contributed by atoms with Gasteiger partial charge in [-0.2, -0.15) is 4.31 Å². The van der Waals surface area contributed by atoms with E-state index in [1.807, 2.05) is 0 Å². The van der Waals surface area contributed by atoms with E-state index in [0.717, 1.165) is 12.8 Å². The summed E-state index contributed by atoms with van der Waals surface area (Å²) in [6, 6.07) is 15.0. The summed E-state index contributed by atoms with van der Waals surface area (Å²) in [5.41, 5.74) is 0.696. The van der Waals surface area contributed by atoms with Crippen LogP contribution in [0.3, 0.4) is 0 Å². The maximum absolute atomic E-state index is 12.7. The molecule has 2 aliphatic rings. The van der Waals surface area contributed by atoms with Crippen LogP contribution in [0.15, 0.2) is 59.5 Å². The molecule has 0 spiro atoms. The van der Waals surface area contributed by atoms with Crippen molar-refractivity contribution in [1.29, 1.82) is 0 Å². The van der Waals surface area contributed by atoms with Crippen LogP contribution >= 0.6 is 0 Å². The number of anilines is 1. The Hall–Kier alpha value is -3.24. The molecule has 2 aromatic carbocycles. The van der Waals surface area contributed by atoms with Crippen molar-refractivity contribution >= 4 is 33.5 Å². The van der Waals surface area contributed by atoms with Crippen LogP contribution in [0.25, 0.3) is 0 Å². The average molecular weight is 486 g/mol. The number of nitrogens with one attached hydrogen (secondary N) is 2. The topological polar surface area (TPSA) is 122 Å². The molecular weight excluding hydrogens is 458 g/mol. The Morgan fingerprint density at radius 3 is 2.24 bits per heavy atom. The van der Waals surface area contributed by atoms with Crippen LogP contribution < -0.4 is 10.6 Å². The molecule has 2 amide bonds. The number of benzene rings is 2. The monoisotopic (exact) mass is 485 g/mol. The summed E-state index contributed by atoms with van der Waals surface area (Å²) in [5.74, 6) is -1.82. The van der Waals surface area contributed by atoms with Crippen LogP contribution in [0, 0.1) is 5.92 Å². The second kappa shape index (κ2) is 10.4. The molecule has 2 N–H and O–H groups in total. The number of hydrogen-bond acceptors (Lipinski definition) is 6. The van der Waals surface area contributed by atoms with Gasteiger partial charge in [0.05, 0.1) is 22.1 Å². The lowest BCUT2D eigenvalue weighted by Gasteiger charge is -2.30. The third kappa shape index (κ3) is 5.81. The second-order valence-electron chi connectivity index (χ2n) is 8.44. The van der Waals surface area contributed by atoms with Crippen molar-refractivity contribution in [3.05, 3.63) is 60.2 Å². The van der Waals surface area contributed by atoms with Crippen molar-refractivity contribution < 1.29 is 27.5 Å². The Morgan fingerprint density at radius 1 is 0.912 bits per heavy atom. The number of carbonyl (C=O) groups excluding carboxylic acids is 3. The highest BCUT2D eigenvalue weighted by molar-refractivity contribution is 7.89. The molecule has 9 nitrogen and oxygen atoms in total. The molecule has 0 unspecified atom stereocenters. The highest BCUT2D eigenvalue weighted by Gasteiger charge is 2.33. The molecule has 180 valence electrons. The zero-order valence-corrected chi connectivity index (χ0v) is 19.4. The fraction of sp³-hybridized carbons (Fsp3) is 0.375. The molecule has 1 saturated heterocycles. The van der Waals surface area contributed by atoms with E-state index in [1.165, 1.54) is 4.31 Å². The second-order valence-corrected chi connectivity index (χ2v) is 10.4. The number of hydrogen-bond donors (Lipinski definition) is 2. The Balaban J connectivity index is 1.26. The molecule has 1 aliphatic heterocycles. The third-order valence-corrected chi connectivity index (χ3v) is 7.78. The number of esters is 1. The maximum Gasteiger partial charge on any atom is 0.309 e. The molecule has 34 heavy (non-hydrogen) atoms. The Labute approximate surface area is 198 Å². The van der Waals surface area contributed by atoms with Crippen LogP contribution in [0.5, 0.6) is 0 Å². The number of carbonyl (C=O) groups is 3. The first-order chi connectivity index (χ1) is 16.3. The van der Waals surface area contributed by atoms with Gasteiger partial charge in [0.15, 0.2) is 6.61 Å². The predicted octanol–water partition coefficient (Wildman–Crippen LogP) is 2.16. The lowest BCUT2D eigenvalue weighted by Crippen LogP contribution is -2.40. The number of para-hydroxylation sites is 1. The SMILES string of the molecule is O=C(COC(=O)C1CCN(S(=O)(=O)c2ccccc2)CC1)Nc1ccccc1C(=O)NC1CC1. The average Bonchev–Trinajstić information content (AvgIpc) is 3.67. The summed E-state index contributed by atoms with van der Waals surface area (Å²) in [5, 5.41) is 5.50. The number of rotatable bonds is 8. The fourth-order valence-electron chi connectivity index (χ4n) is 3.80. The van der Waals surface area contributed by atoms with Crippen LogP contribution in [0.4, 0.5) is 5.69 Å². The molecule has 0 atom stereocenters. The maximum atomic E-state index is 12.7. The van der Waals surface area contributed by atoms with Crippen molar-refractivity contribution in [3.63, 3.8) is 0 Å². The number of sulfonamides is 1. The summed E-state index contributed by atoms with van der Waals surface area (Å²) in [6.45, 7) is -0.0840. The molecule has 0 bridgehead atoms. The van der Waals surface area contributed by atoms with Crippen molar-refractivity contribution in [1.82, 2.24) is 9.62 Å². The van der Waals surface area contributed by atoms with E-state index >= 15 is 0 Å². The smallest absolute Gasteiger partial charge is 0.309 e. The molecule has 0 aromatic heterocycles. The molecule has 4 rings (SSSR count). The largest absolute Gasteiger partial charge is 0.455 e. The molecule has 1 heterocycles. The van der Waals surface area contributed by atoms with Crippen LogP contribution in [0.2, 0.25) is 0 Å². The Bertz CT molecular complexity index is 1160. The van der Waals surface area contributed by atoms with E-state index in [-0.39, 0.29) is 29.9 Å². The van der Waals surface area contributed by atoms with E-state index in [0.29, 0.717) is 24.1 Å². The normalized spacial score (nSPS) is 17.1. The number of amides is 2. The number of piperidine rings is 1. The molecule has 10 heteroatoms. The molecule has 0 radical (unpaired) electrons. The Morgan fingerprint density at radius 2 is 1.56 bits per heavy atom. The molecule has 1 saturated carbocycles. The minimum absolute atomic E-state index is 0.186. The van der Waals surface area contributed by atoms with Gasteiger partial charge in [-0.1, -0.05) is 30.3 Å². The van der Waals surface area contributed by atoms with Crippen LogP contribution in [-0.4, -0.2) is 56.2 Å². The third-order valence-electron chi connectivity index (χ3n) is 5.87. The lowest BCUT2D eigenvalue weighted by atomic mass is 9.98. The van der Waals surface area contributed by atoms with E-state index in [9.17, 15) is 22.8 Å². The molecule has 2 aromatic rings. The van der Waals surface area contributed by atoms with Gasteiger partial charge in [0.2, 0.25) is 10.0 Å². The van der Waals surface area contributed by atoms with Gasteiger partial charge in [-0.25, -0.2) is 8.42 Å². The van der Waals surface area contributed by atoms with E-state index < -0.39 is 34.4 Å². The van der Waals surface area contributed by atoms with Gasteiger partial charge >= 0.3 is 5.97 Å². The number of nitrogens with zero attached hydrogens (tertiary/aromatic N) is 1. The van der Waals surface area contributed by atoms with Gasteiger partial charge in [-0.05, 0) is 49.9 Å². The first-order valence-electron chi connectivity index (χ1n) is 11.3. The van der Waals surface area contributed by atoms with Gasteiger partial charge in [0.25, 0.3) is 11.8 Å². The van der Waals surface area contributed by atoms with Crippen LogP contribution in [-0.2, 0) is 24.3 Å². The highest BCUT2D eigenvalue weighted by atomic mass is 32.2. The van der Waals surface area contributed by atoms with Crippen molar-refractivity contribution in [2.45, 2.75) is 36.6 Å². The van der Waals surface area contributed by atoms with E-state index in [4.69, 9.17) is 4.74 Å². The van der Waals surface area contributed by atoms with Crippen molar-refractivity contribution in [2.75, 3.05) is 25.0 Å². The minimum Gasteiger partial charge on any atom is -0.455 e. The van der Waals surface area contributed by atoms with Crippen LogP contribution in [0.1, 0.15) is 36.0 Å². The number of ether oxygens (including phenoxy) is 1. The minimum atomic E-state index is -3.60. The van der Waals surface area contributed by atoms with E-state index in [2.05, 4.69) is 10.6 Å². The van der Waals surface area contributed by atoms with Crippen molar-refractivity contribution in [2.24, 2.45) is 5.92 Å². The van der Waals surface area contributed by atoms with Gasteiger partial charge in [0.1, 0.15) is 0 Å². The summed E-state index contributed by atoms with van der Waals surface area (Å²) in [4.78, 5) is 37.4. The summed E-state index contributed by atoms with van der Waals surface area (Å²) >= 11 is 0. The van der Waals surface area contributed by atoms with Gasteiger partial charge < -0.3 is 15.4 Å². The molecular formula is C24H27N3O6S. The van der Waals surface area contributed by atoms with Gasteiger partial charge in [-0.3, -0.25) is 14.4 Å². The summed E-state index contributed by atoms with van der Waals surface area (Å²) in [7, 11) is -3.60. The zero-order valence-electron chi connectivity index (χ0n) is 18.6. The quantitative estimate of drug-likeness (QED) is 0.553. The van der Waals surface area contributed by atoms with Gasteiger partial charge in [0, 0.05) is 19.1 Å². The molecule has 1 aliphatic carbocycles. The van der Waals surface area contributed by atoms with E-state index in [1.54, 1.807) is 54.6 Å². The summed E-state index contributed by atoms with van der Waals surface area (Å²) in [6.07, 6.45) is 2.54. The first-order valence-corrected chi connectivity index (χ1v) is 12.7. The Kier molecular flexibility index (Phi) is 7.28. The van der Waals surface area contributed by atoms with Crippen molar-refractivity contribution in [3.8, 4) is 0 Å². The summed E-state index contributed by atoms with van der Waals surface area (Å²) < 4.78 is 32.0.